The predicted octanol–water partition coefficient (Wildman–Crippen LogP) is 2.72. The highest BCUT2D eigenvalue weighted by atomic mass is 16.6. The lowest BCUT2D eigenvalue weighted by Crippen LogP contribution is -2.26. The van der Waals surface area contributed by atoms with Gasteiger partial charge in [-0.15, -0.1) is 0 Å². The molecule has 0 aliphatic rings. The van der Waals surface area contributed by atoms with Crippen molar-refractivity contribution in [2.75, 3.05) is 0 Å². The summed E-state index contributed by atoms with van der Waals surface area (Å²) in [7, 11) is 0. The van der Waals surface area contributed by atoms with Gasteiger partial charge in [0.1, 0.15) is 11.4 Å². The zero-order valence-electron chi connectivity index (χ0n) is 10.4. The molecule has 0 aromatic heterocycles. The number of hydrogen-bond acceptors (Lipinski definition) is 3. The molecular weight excluding hydrogens is 192 g/mol. The van der Waals surface area contributed by atoms with E-state index in [0.717, 1.165) is 12.8 Å². The number of rotatable bonds is 5. The zero-order valence-corrected chi connectivity index (χ0v) is 10.4. The maximum atomic E-state index is 11.5. The summed E-state index contributed by atoms with van der Waals surface area (Å²) in [5.41, 5.74) is -0.468. The molecule has 0 N–H and O–H groups in total. The largest absolute Gasteiger partial charge is 0.460 e. The number of ether oxygens (including phenoxy) is 1. The molecule has 0 rings (SSSR count). The molecule has 88 valence electrons. The van der Waals surface area contributed by atoms with Crippen LogP contribution in [0.2, 0.25) is 0 Å². The Labute approximate surface area is 92.2 Å². The van der Waals surface area contributed by atoms with Crippen molar-refractivity contribution in [2.24, 2.45) is 5.92 Å². The lowest BCUT2D eigenvalue weighted by atomic mass is 9.96. The summed E-state index contributed by atoms with van der Waals surface area (Å²) >= 11 is 0. The molecule has 0 aromatic rings. The molecule has 0 amide bonds. The van der Waals surface area contributed by atoms with Crippen LogP contribution in [0.4, 0.5) is 0 Å². The van der Waals surface area contributed by atoms with Crippen LogP contribution in [-0.4, -0.2) is 17.4 Å². The van der Waals surface area contributed by atoms with Crippen LogP contribution in [0.5, 0.6) is 0 Å². The maximum Gasteiger partial charge on any atom is 0.307 e. The summed E-state index contributed by atoms with van der Waals surface area (Å²) in [6.45, 7) is 9.02. The van der Waals surface area contributed by atoms with E-state index in [0.29, 0.717) is 0 Å². The molecule has 15 heavy (non-hydrogen) atoms. The van der Waals surface area contributed by atoms with Crippen molar-refractivity contribution in [2.45, 2.75) is 59.5 Å². The lowest BCUT2D eigenvalue weighted by Gasteiger charge is -2.21. The molecule has 3 nitrogen and oxygen atoms in total. The number of hydrogen-bond donors (Lipinski definition) is 0. The van der Waals surface area contributed by atoms with Gasteiger partial charge in [0.25, 0.3) is 0 Å². The zero-order chi connectivity index (χ0) is 12.1. The van der Waals surface area contributed by atoms with E-state index < -0.39 is 5.60 Å². The summed E-state index contributed by atoms with van der Waals surface area (Å²) in [6, 6.07) is 0. The Morgan fingerprint density at radius 2 is 1.80 bits per heavy atom. The van der Waals surface area contributed by atoms with Crippen LogP contribution < -0.4 is 0 Å². The Kier molecular flexibility index (Phi) is 5.55. The average Bonchev–Trinajstić information content (AvgIpc) is 1.99. The maximum absolute atomic E-state index is 11.5. The topological polar surface area (TPSA) is 43.4 Å². The fourth-order valence-electron chi connectivity index (χ4n) is 1.38. The summed E-state index contributed by atoms with van der Waals surface area (Å²) in [5.74, 6) is -0.385. The number of esters is 1. The van der Waals surface area contributed by atoms with Gasteiger partial charge < -0.3 is 4.74 Å². The third kappa shape index (κ3) is 7.11. The van der Waals surface area contributed by atoms with Crippen LogP contribution in [0.25, 0.3) is 0 Å². The summed E-state index contributed by atoms with van der Waals surface area (Å²) in [4.78, 5) is 22.7. The van der Waals surface area contributed by atoms with Gasteiger partial charge in [-0.3, -0.25) is 9.59 Å². The summed E-state index contributed by atoms with van der Waals surface area (Å²) in [6.07, 6.45) is 1.88. The standard InChI is InChI=1S/C12H22O3/c1-6-7-10(9(2)13)8-11(14)15-12(3,4)5/h10H,6-8H2,1-5H3/t10-/m1/s1. The first-order valence-electron chi connectivity index (χ1n) is 5.48. The van der Waals surface area contributed by atoms with Crippen molar-refractivity contribution in [1.29, 1.82) is 0 Å². The second kappa shape index (κ2) is 5.89. The van der Waals surface area contributed by atoms with E-state index in [1.165, 1.54) is 6.92 Å². The molecule has 0 aromatic carbocycles. The minimum Gasteiger partial charge on any atom is -0.460 e. The number of carbonyl (C=O) groups is 2. The monoisotopic (exact) mass is 214 g/mol. The third-order valence-electron chi connectivity index (χ3n) is 2.05. The molecule has 0 fully saturated rings. The summed E-state index contributed by atoms with van der Waals surface area (Å²) in [5, 5.41) is 0. The Balaban J connectivity index is 4.18. The molecule has 0 saturated carbocycles. The highest BCUT2D eigenvalue weighted by Crippen LogP contribution is 2.16. The number of carbonyl (C=O) groups excluding carboxylic acids is 2. The highest BCUT2D eigenvalue weighted by molar-refractivity contribution is 5.83. The van der Waals surface area contributed by atoms with Crippen LogP contribution in [-0.2, 0) is 14.3 Å². The van der Waals surface area contributed by atoms with E-state index >= 15 is 0 Å². The quantitative estimate of drug-likeness (QED) is 0.661. The van der Waals surface area contributed by atoms with Crippen molar-refractivity contribution in [3.05, 3.63) is 0 Å². The molecule has 0 spiro atoms. The SMILES string of the molecule is CCC[C@H](CC(=O)OC(C)(C)C)C(C)=O. The molecule has 0 aliphatic carbocycles. The molecule has 0 saturated heterocycles. The number of ketones is 1. The Morgan fingerprint density at radius 1 is 1.27 bits per heavy atom. The van der Waals surface area contributed by atoms with Crippen LogP contribution in [0.15, 0.2) is 0 Å². The molecule has 0 heterocycles. The smallest absolute Gasteiger partial charge is 0.307 e. The predicted molar refractivity (Wildman–Crippen MR) is 59.5 cm³/mol. The molecule has 0 aliphatic heterocycles. The average molecular weight is 214 g/mol. The third-order valence-corrected chi connectivity index (χ3v) is 2.05. The van der Waals surface area contributed by atoms with Crippen molar-refractivity contribution >= 4 is 11.8 Å². The van der Waals surface area contributed by atoms with Gasteiger partial charge in [-0.2, -0.15) is 0 Å². The Bertz CT molecular complexity index is 226. The second-order valence-corrected chi connectivity index (χ2v) is 4.89. The summed E-state index contributed by atoms with van der Waals surface area (Å²) < 4.78 is 5.17. The van der Waals surface area contributed by atoms with Gasteiger partial charge >= 0.3 is 5.97 Å². The van der Waals surface area contributed by atoms with Crippen molar-refractivity contribution in [3.8, 4) is 0 Å². The first-order valence-corrected chi connectivity index (χ1v) is 5.48. The van der Waals surface area contributed by atoms with Crippen LogP contribution in [0, 0.1) is 5.92 Å². The van der Waals surface area contributed by atoms with E-state index in [2.05, 4.69) is 0 Å². The molecule has 1 atom stereocenters. The normalized spacial score (nSPS) is 13.4. The van der Waals surface area contributed by atoms with Gasteiger partial charge in [0.05, 0.1) is 6.42 Å². The van der Waals surface area contributed by atoms with Gasteiger partial charge in [-0.25, -0.2) is 0 Å². The fraction of sp³-hybridized carbons (Fsp3) is 0.833. The fourth-order valence-corrected chi connectivity index (χ4v) is 1.38. The highest BCUT2D eigenvalue weighted by Gasteiger charge is 2.22. The van der Waals surface area contributed by atoms with Crippen LogP contribution in [0.3, 0.4) is 0 Å². The van der Waals surface area contributed by atoms with E-state index in [1.807, 2.05) is 27.7 Å². The molecular formula is C12H22O3. The first-order chi connectivity index (χ1) is 6.76. The minimum absolute atomic E-state index is 0.0720. The number of Topliss-reactive ketones (excluding diaryl/α,β-unsaturated/α-hetero) is 1. The van der Waals surface area contributed by atoms with Crippen LogP contribution >= 0.6 is 0 Å². The molecule has 0 unspecified atom stereocenters. The van der Waals surface area contributed by atoms with Crippen LogP contribution in [0.1, 0.15) is 53.9 Å². The van der Waals surface area contributed by atoms with E-state index in [1.54, 1.807) is 0 Å². The Hall–Kier alpha value is -0.860. The van der Waals surface area contributed by atoms with Gasteiger partial charge in [0.15, 0.2) is 0 Å². The van der Waals surface area contributed by atoms with Crippen molar-refractivity contribution in [3.63, 3.8) is 0 Å². The molecule has 0 bridgehead atoms. The van der Waals surface area contributed by atoms with Gasteiger partial charge in [-0.1, -0.05) is 13.3 Å². The van der Waals surface area contributed by atoms with E-state index in [4.69, 9.17) is 4.74 Å². The second-order valence-electron chi connectivity index (χ2n) is 4.89. The van der Waals surface area contributed by atoms with Gasteiger partial charge in [-0.05, 0) is 34.1 Å². The minimum atomic E-state index is -0.468. The van der Waals surface area contributed by atoms with E-state index in [9.17, 15) is 9.59 Å². The van der Waals surface area contributed by atoms with Gasteiger partial charge in [0.2, 0.25) is 0 Å². The molecule has 0 radical (unpaired) electrons. The van der Waals surface area contributed by atoms with E-state index in [-0.39, 0.29) is 24.1 Å². The van der Waals surface area contributed by atoms with Crippen molar-refractivity contribution in [1.82, 2.24) is 0 Å². The lowest BCUT2D eigenvalue weighted by molar-refractivity contribution is -0.157. The molecule has 3 heteroatoms. The van der Waals surface area contributed by atoms with Gasteiger partial charge in [0, 0.05) is 5.92 Å². The Morgan fingerprint density at radius 3 is 2.13 bits per heavy atom. The van der Waals surface area contributed by atoms with Crippen molar-refractivity contribution < 1.29 is 14.3 Å². The first kappa shape index (κ1) is 14.1.